The quantitative estimate of drug-likeness (QED) is 0.385. The van der Waals surface area contributed by atoms with Crippen molar-refractivity contribution in [3.05, 3.63) is 41.7 Å². The Morgan fingerprint density at radius 3 is 2.61 bits per heavy atom. The summed E-state index contributed by atoms with van der Waals surface area (Å²) in [6, 6.07) is 5.88. The van der Waals surface area contributed by atoms with E-state index in [1.165, 1.54) is 43.0 Å². The third-order valence-corrected chi connectivity index (χ3v) is 5.55. The number of amides is 1. The van der Waals surface area contributed by atoms with Gasteiger partial charge in [0, 0.05) is 5.69 Å². The van der Waals surface area contributed by atoms with Gasteiger partial charge in [-0.05, 0) is 54.5 Å². The molecule has 1 aliphatic rings. The van der Waals surface area contributed by atoms with Crippen LogP contribution in [0.15, 0.2) is 35.6 Å². The number of benzene rings is 1. The average molecular weight is 481 g/mol. The van der Waals surface area contributed by atoms with Crippen molar-refractivity contribution in [3.8, 4) is 5.69 Å². The van der Waals surface area contributed by atoms with Gasteiger partial charge in [-0.1, -0.05) is 11.8 Å². The van der Waals surface area contributed by atoms with E-state index in [4.69, 9.17) is 4.74 Å². The number of esters is 1. The van der Waals surface area contributed by atoms with Crippen LogP contribution in [0.1, 0.15) is 41.9 Å². The van der Waals surface area contributed by atoms with Crippen LogP contribution in [0.4, 0.5) is 18.9 Å². The molecule has 3 aromatic rings. The molecule has 174 valence electrons. The van der Waals surface area contributed by atoms with Gasteiger partial charge >= 0.3 is 12.1 Å². The summed E-state index contributed by atoms with van der Waals surface area (Å²) in [5.41, 5.74) is -1.46. The number of hydrogen-bond donors (Lipinski definition) is 1. The molecule has 0 radical (unpaired) electrons. The predicted octanol–water partition coefficient (Wildman–Crippen LogP) is 3.12. The fraction of sp³-hybridized carbons (Fsp3) is 0.368. The molecule has 1 saturated carbocycles. The van der Waals surface area contributed by atoms with Crippen LogP contribution in [-0.4, -0.2) is 54.2 Å². The molecule has 1 amide bonds. The number of thioether (sulfide) groups is 1. The summed E-state index contributed by atoms with van der Waals surface area (Å²) >= 11 is 1.20. The van der Waals surface area contributed by atoms with Gasteiger partial charge in [-0.2, -0.15) is 18.3 Å². The lowest BCUT2D eigenvalue weighted by atomic mass is 10.2. The van der Waals surface area contributed by atoms with Crippen LogP contribution >= 0.6 is 11.8 Å². The lowest BCUT2D eigenvalue weighted by Gasteiger charge is -2.13. The van der Waals surface area contributed by atoms with Gasteiger partial charge < -0.3 is 10.1 Å². The molecule has 10 nitrogen and oxygen atoms in total. The minimum atomic E-state index is -4.83. The Kier molecular flexibility index (Phi) is 6.35. The van der Waals surface area contributed by atoms with Gasteiger partial charge in [-0.3, -0.25) is 4.79 Å². The van der Waals surface area contributed by atoms with Crippen molar-refractivity contribution >= 4 is 29.3 Å². The van der Waals surface area contributed by atoms with E-state index in [2.05, 4.69) is 25.9 Å². The third-order valence-electron chi connectivity index (χ3n) is 4.62. The number of anilines is 1. The highest BCUT2D eigenvalue weighted by molar-refractivity contribution is 7.99. The highest BCUT2D eigenvalue weighted by atomic mass is 32.2. The van der Waals surface area contributed by atoms with Crippen LogP contribution in [0, 0.1) is 0 Å². The Morgan fingerprint density at radius 2 is 1.97 bits per heavy atom. The number of nitrogens with zero attached hydrogens (tertiary/aromatic N) is 6. The van der Waals surface area contributed by atoms with E-state index in [1.54, 1.807) is 4.68 Å². The highest BCUT2D eigenvalue weighted by Crippen LogP contribution is 2.36. The van der Waals surface area contributed by atoms with Gasteiger partial charge in [0.25, 0.3) is 0 Å². The van der Waals surface area contributed by atoms with Crippen LogP contribution in [0.25, 0.3) is 5.69 Å². The number of alkyl halides is 3. The van der Waals surface area contributed by atoms with Crippen molar-refractivity contribution in [2.75, 3.05) is 17.7 Å². The zero-order valence-corrected chi connectivity index (χ0v) is 18.1. The van der Waals surface area contributed by atoms with Crippen molar-refractivity contribution in [2.24, 2.45) is 0 Å². The Balaban J connectivity index is 1.44. The van der Waals surface area contributed by atoms with Gasteiger partial charge in [-0.15, -0.1) is 5.10 Å². The summed E-state index contributed by atoms with van der Waals surface area (Å²) in [5, 5.41) is 18.4. The molecule has 0 saturated heterocycles. The van der Waals surface area contributed by atoms with Gasteiger partial charge in [0.05, 0.1) is 30.3 Å². The van der Waals surface area contributed by atoms with E-state index < -0.39 is 23.4 Å². The average Bonchev–Trinajstić information content (AvgIpc) is 3.32. The number of hydrogen-bond acceptors (Lipinski definition) is 8. The first-order chi connectivity index (χ1) is 15.8. The van der Waals surface area contributed by atoms with Crippen molar-refractivity contribution in [2.45, 2.75) is 37.1 Å². The number of aromatic nitrogens is 6. The molecule has 4 rings (SSSR count). The SMILES string of the molecule is CCOC(=O)c1cnn(-c2ccc(NC(=O)CSc3nnnn3C3CC3)cc2)c1C(F)(F)F. The Hall–Kier alpha value is -3.42. The maximum absolute atomic E-state index is 13.6. The lowest BCUT2D eigenvalue weighted by Crippen LogP contribution is -2.18. The van der Waals surface area contributed by atoms with Crippen LogP contribution in [0.2, 0.25) is 0 Å². The number of tetrazole rings is 1. The second-order valence-electron chi connectivity index (χ2n) is 7.06. The summed E-state index contributed by atoms with van der Waals surface area (Å²) < 4.78 is 47.9. The molecule has 2 heterocycles. The predicted molar refractivity (Wildman–Crippen MR) is 110 cm³/mol. The second-order valence-corrected chi connectivity index (χ2v) is 8.00. The molecule has 33 heavy (non-hydrogen) atoms. The normalized spacial score (nSPS) is 13.7. The van der Waals surface area contributed by atoms with Gasteiger partial charge in [-0.25, -0.2) is 14.2 Å². The van der Waals surface area contributed by atoms with E-state index in [1.807, 2.05) is 0 Å². The Morgan fingerprint density at radius 1 is 1.24 bits per heavy atom. The molecular weight excluding hydrogens is 463 g/mol. The summed E-state index contributed by atoms with van der Waals surface area (Å²) in [5.74, 6) is -1.36. The molecule has 0 aliphatic heterocycles. The largest absolute Gasteiger partial charge is 0.462 e. The minimum absolute atomic E-state index is 0.0638. The number of halogens is 3. The molecule has 0 bridgehead atoms. The smallest absolute Gasteiger partial charge is 0.434 e. The zero-order chi connectivity index (χ0) is 23.6. The van der Waals surface area contributed by atoms with Gasteiger partial charge in [0.1, 0.15) is 5.56 Å². The van der Waals surface area contributed by atoms with Crippen LogP contribution < -0.4 is 5.32 Å². The molecule has 0 spiro atoms. The molecule has 1 aromatic carbocycles. The topological polar surface area (TPSA) is 117 Å². The molecule has 14 heteroatoms. The first kappa shape index (κ1) is 22.8. The van der Waals surface area contributed by atoms with E-state index >= 15 is 0 Å². The summed E-state index contributed by atoms with van der Waals surface area (Å²) in [7, 11) is 0. The van der Waals surface area contributed by atoms with Crippen LogP contribution in [-0.2, 0) is 15.7 Å². The summed E-state index contributed by atoms with van der Waals surface area (Å²) in [4.78, 5) is 24.2. The Labute approximate surface area is 189 Å². The second kappa shape index (κ2) is 9.21. The van der Waals surface area contributed by atoms with Crippen molar-refractivity contribution in [1.29, 1.82) is 0 Å². The molecule has 0 unspecified atom stereocenters. The van der Waals surface area contributed by atoms with Crippen LogP contribution in [0.3, 0.4) is 0 Å². The van der Waals surface area contributed by atoms with Gasteiger partial charge in [0.15, 0.2) is 5.69 Å². The molecule has 1 fully saturated rings. The molecular formula is C19H18F3N7O3S. The number of rotatable bonds is 8. The first-order valence-electron chi connectivity index (χ1n) is 9.91. The van der Waals surface area contributed by atoms with E-state index in [-0.39, 0.29) is 30.0 Å². The van der Waals surface area contributed by atoms with E-state index in [0.717, 1.165) is 19.0 Å². The standard InChI is InChI=1S/C19H18F3N7O3S/c1-2-32-17(31)14-9-23-28(16(14)19(20,21)22)12-5-3-11(4-6-12)24-15(30)10-33-18-25-26-27-29(18)13-7-8-13/h3-6,9,13H,2,7-8,10H2,1H3,(H,24,30). The number of carbonyl (C=O) groups is 2. The minimum Gasteiger partial charge on any atom is -0.462 e. The van der Waals surface area contributed by atoms with E-state index in [9.17, 15) is 22.8 Å². The fourth-order valence-electron chi connectivity index (χ4n) is 3.02. The summed E-state index contributed by atoms with van der Waals surface area (Å²) in [6.07, 6.45) is -2.00. The van der Waals surface area contributed by atoms with Crippen molar-refractivity contribution in [3.63, 3.8) is 0 Å². The summed E-state index contributed by atoms with van der Waals surface area (Å²) in [6.45, 7) is 1.43. The van der Waals surface area contributed by atoms with E-state index in [0.29, 0.717) is 15.5 Å². The maximum atomic E-state index is 13.6. The Bertz CT molecular complexity index is 1160. The van der Waals surface area contributed by atoms with Crippen molar-refractivity contribution in [1.82, 2.24) is 30.0 Å². The van der Waals surface area contributed by atoms with Crippen LogP contribution in [0.5, 0.6) is 0 Å². The van der Waals surface area contributed by atoms with Gasteiger partial charge in [0.2, 0.25) is 11.1 Å². The molecule has 1 N–H and O–H groups in total. The fourth-order valence-corrected chi connectivity index (χ4v) is 3.76. The molecule has 2 aromatic heterocycles. The number of ether oxygens (including phenoxy) is 1. The molecule has 0 atom stereocenters. The third kappa shape index (κ3) is 5.16. The van der Waals surface area contributed by atoms with Crippen molar-refractivity contribution < 1.29 is 27.5 Å². The number of nitrogens with one attached hydrogen (secondary N) is 1. The first-order valence-corrected chi connectivity index (χ1v) is 10.9. The maximum Gasteiger partial charge on any atom is 0.434 e. The highest BCUT2D eigenvalue weighted by Gasteiger charge is 2.41. The zero-order valence-electron chi connectivity index (χ0n) is 17.2. The lowest BCUT2D eigenvalue weighted by molar-refractivity contribution is -0.143. The number of carbonyl (C=O) groups excluding carboxylic acids is 2. The monoisotopic (exact) mass is 481 g/mol. The molecule has 1 aliphatic carbocycles.